The van der Waals surface area contributed by atoms with E-state index < -0.39 is 17.8 Å². The summed E-state index contributed by atoms with van der Waals surface area (Å²) in [4.78, 5) is 15.5. The van der Waals surface area contributed by atoms with E-state index in [-0.39, 0.29) is 5.69 Å². The number of para-hydroxylation sites is 1. The minimum absolute atomic E-state index is 0.201. The number of hydrogen-bond acceptors (Lipinski definition) is 4. The number of benzene rings is 1. The van der Waals surface area contributed by atoms with Crippen LogP contribution in [-0.2, 0) is 4.79 Å². The number of nitrogens with zero attached hydrogens (tertiary/aromatic N) is 1. The lowest BCUT2D eigenvalue weighted by Gasteiger charge is -2.17. The molecule has 0 aliphatic heterocycles. The molecule has 3 N–H and O–H groups in total. The number of nitrogens with two attached hydrogens (primary N) is 1. The number of anilines is 1. The fourth-order valence-electron chi connectivity index (χ4n) is 1.74. The van der Waals surface area contributed by atoms with Gasteiger partial charge in [0.05, 0.1) is 12.8 Å². The summed E-state index contributed by atoms with van der Waals surface area (Å²) < 4.78 is 18.5. The van der Waals surface area contributed by atoms with Gasteiger partial charge in [-0.05, 0) is 18.2 Å². The van der Waals surface area contributed by atoms with Gasteiger partial charge in [-0.15, -0.1) is 0 Å². The number of nitrogens with one attached hydrogen (secondary N) is 1. The van der Waals surface area contributed by atoms with Crippen molar-refractivity contribution in [2.24, 2.45) is 5.73 Å². The van der Waals surface area contributed by atoms with Crippen molar-refractivity contribution in [3.63, 3.8) is 0 Å². The third-order valence-corrected chi connectivity index (χ3v) is 2.76. The van der Waals surface area contributed by atoms with Crippen molar-refractivity contribution >= 4 is 11.6 Å². The van der Waals surface area contributed by atoms with Gasteiger partial charge in [0.2, 0.25) is 11.8 Å². The maximum atomic E-state index is 13.6. The number of aromatic nitrogens is 1. The van der Waals surface area contributed by atoms with Crippen molar-refractivity contribution in [3.05, 3.63) is 54.0 Å². The van der Waals surface area contributed by atoms with Crippen molar-refractivity contribution < 1.29 is 13.9 Å². The number of rotatable bonds is 5. The molecule has 0 bridgehead atoms. The first kappa shape index (κ1) is 13.8. The van der Waals surface area contributed by atoms with Crippen LogP contribution >= 0.6 is 0 Å². The van der Waals surface area contributed by atoms with Crippen molar-refractivity contribution in [1.29, 1.82) is 0 Å². The Labute approximate surface area is 115 Å². The van der Waals surface area contributed by atoms with Crippen molar-refractivity contribution in [2.45, 2.75) is 6.04 Å². The van der Waals surface area contributed by atoms with E-state index in [0.29, 0.717) is 11.4 Å². The third-order valence-electron chi connectivity index (χ3n) is 2.76. The zero-order valence-corrected chi connectivity index (χ0v) is 10.8. The number of ether oxygens (including phenoxy) is 1. The molecule has 0 saturated heterocycles. The first-order valence-corrected chi connectivity index (χ1v) is 5.92. The van der Waals surface area contributed by atoms with E-state index in [1.807, 2.05) is 0 Å². The average molecular weight is 275 g/mol. The molecule has 6 heteroatoms. The minimum atomic E-state index is -0.870. The summed E-state index contributed by atoms with van der Waals surface area (Å²) in [6.07, 6.45) is 1.46. The quantitative estimate of drug-likeness (QED) is 0.873. The number of amides is 1. The Morgan fingerprint density at radius 1 is 1.35 bits per heavy atom. The molecule has 0 aliphatic carbocycles. The summed E-state index contributed by atoms with van der Waals surface area (Å²) in [5.74, 6) is -0.664. The summed E-state index contributed by atoms with van der Waals surface area (Å²) in [7, 11) is 1.49. The second-order valence-electron chi connectivity index (χ2n) is 4.09. The molecule has 2 aromatic rings. The zero-order valence-electron chi connectivity index (χ0n) is 10.8. The Balaban J connectivity index is 2.27. The monoisotopic (exact) mass is 275 g/mol. The molecule has 0 aliphatic rings. The van der Waals surface area contributed by atoms with Gasteiger partial charge in [-0.25, -0.2) is 9.37 Å². The van der Waals surface area contributed by atoms with Gasteiger partial charge in [0, 0.05) is 17.8 Å². The molecule has 0 radical (unpaired) electrons. The molecule has 1 unspecified atom stereocenters. The van der Waals surface area contributed by atoms with Crippen LogP contribution in [0.3, 0.4) is 0 Å². The van der Waals surface area contributed by atoms with E-state index in [4.69, 9.17) is 10.5 Å². The average Bonchev–Trinajstić information content (AvgIpc) is 2.46. The fraction of sp³-hybridized carbons (Fsp3) is 0.143. The molecular formula is C14H14FN3O2. The summed E-state index contributed by atoms with van der Waals surface area (Å²) in [5.41, 5.74) is 6.08. The standard InChI is InChI=1S/C14H14FN3O2/c1-20-12-7-6-9(8-17-12)13(14(16)19)18-11-5-3-2-4-10(11)15/h2-8,13,18H,1H3,(H2,16,19). The highest BCUT2D eigenvalue weighted by Gasteiger charge is 2.19. The molecule has 0 saturated carbocycles. The van der Waals surface area contributed by atoms with Crippen LogP contribution in [0.25, 0.3) is 0 Å². The molecule has 1 aromatic carbocycles. The number of hydrogen-bond donors (Lipinski definition) is 2. The van der Waals surface area contributed by atoms with Crippen LogP contribution in [0.15, 0.2) is 42.6 Å². The highest BCUT2D eigenvalue weighted by molar-refractivity contribution is 5.84. The van der Waals surface area contributed by atoms with E-state index in [2.05, 4.69) is 10.3 Å². The van der Waals surface area contributed by atoms with Crippen LogP contribution in [-0.4, -0.2) is 18.0 Å². The largest absolute Gasteiger partial charge is 0.481 e. The summed E-state index contributed by atoms with van der Waals surface area (Å²) in [6.45, 7) is 0. The van der Waals surface area contributed by atoms with Crippen molar-refractivity contribution in [3.8, 4) is 5.88 Å². The topological polar surface area (TPSA) is 77.2 Å². The normalized spacial score (nSPS) is 11.7. The minimum Gasteiger partial charge on any atom is -0.481 e. The van der Waals surface area contributed by atoms with Gasteiger partial charge >= 0.3 is 0 Å². The highest BCUT2D eigenvalue weighted by atomic mass is 19.1. The van der Waals surface area contributed by atoms with Gasteiger partial charge < -0.3 is 15.8 Å². The molecule has 0 spiro atoms. The highest BCUT2D eigenvalue weighted by Crippen LogP contribution is 2.22. The van der Waals surface area contributed by atoms with Gasteiger partial charge in [0.25, 0.3) is 0 Å². The summed E-state index contributed by atoms with van der Waals surface area (Å²) in [5, 5.41) is 2.77. The van der Waals surface area contributed by atoms with E-state index in [1.165, 1.54) is 25.4 Å². The first-order chi connectivity index (χ1) is 9.61. The molecule has 20 heavy (non-hydrogen) atoms. The zero-order chi connectivity index (χ0) is 14.5. The van der Waals surface area contributed by atoms with Crippen molar-refractivity contribution in [1.82, 2.24) is 4.98 Å². The lowest BCUT2D eigenvalue weighted by molar-refractivity contribution is -0.118. The molecule has 1 amide bonds. The van der Waals surface area contributed by atoms with Crippen molar-refractivity contribution in [2.75, 3.05) is 12.4 Å². The molecule has 0 fully saturated rings. The Morgan fingerprint density at radius 3 is 2.65 bits per heavy atom. The number of carbonyl (C=O) groups excluding carboxylic acids is 1. The van der Waals surface area contributed by atoms with E-state index >= 15 is 0 Å². The van der Waals surface area contributed by atoms with E-state index in [1.54, 1.807) is 24.3 Å². The summed E-state index contributed by atoms with van der Waals surface area (Å²) >= 11 is 0. The Hall–Kier alpha value is -2.63. The van der Waals surface area contributed by atoms with Crippen LogP contribution in [0.5, 0.6) is 5.88 Å². The lowest BCUT2D eigenvalue weighted by atomic mass is 10.1. The van der Waals surface area contributed by atoms with Crippen LogP contribution < -0.4 is 15.8 Å². The number of halogens is 1. The smallest absolute Gasteiger partial charge is 0.244 e. The van der Waals surface area contributed by atoms with E-state index in [0.717, 1.165) is 0 Å². The van der Waals surface area contributed by atoms with Crippen LogP contribution in [0.2, 0.25) is 0 Å². The number of primary amides is 1. The molecule has 1 atom stereocenters. The maximum absolute atomic E-state index is 13.6. The Kier molecular flexibility index (Phi) is 4.14. The second-order valence-corrected chi connectivity index (χ2v) is 4.09. The van der Waals surface area contributed by atoms with Gasteiger partial charge in [0.1, 0.15) is 11.9 Å². The first-order valence-electron chi connectivity index (χ1n) is 5.92. The third kappa shape index (κ3) is 3.03. The molecule has 1 aromatic heterocycles. The fourth-order valence-corrected chi connectivity index (χ4v) is 1.74. The van der Waals surface area contributed by atoms with Gasteiger partial charge in [-0.2, -0.15) is 0 Å². The molecular weight excluding hydrogens is 261 g/mol. The number of pyridine rings is 1. The Bertz CT molecular complexity index is 602. The number of carbonyl (C=O) groups is 1. The second kappa shape index (κ2) is 6.01. The molecule has 2 rings (SSSR count). The maximum Gasteiger partial charge on any atom is 0.244 e. The SMILES string of the molecule is COc1ccc(C(Nc2ccccc2F)C(N)=O)cn1. The van der Waals surface area contributed by atoms with E-state index in [9.17, 15) is 9.18 Å². The van der Waals surface area contributed by atoms with Crippen LogP contribution in [0.1, 0.15) is 11.6 Å². The predicted octanol–water partition coefficient (Wildman–Crippen LogP) is 1.87. The Morgan fingerprint density at radius 2 is 2.10 bits per heavy atom. The van der Waals surface area contributed by atoms with Gasteiger partial charge in [-0.1, -0.05) is 12.1 Å². The van der Waals surface area contributed by atoms with Gasteiger partial charge in [-0.3, -0.25) is 4.79 Å². The lowest BCUT2D eigenvalue weighted by Crippen LogP contribution is -2.28. The van der Waals surface area contributed by atoms with Crippen LogP contribution in [0.4, 0.5) is 10.1 Å². The number of methoxy groups -OCH3 is 1. The molecule has 1 heterocycles. The molecule has 104 valence electrons. The van der Waals surface area contributed by atoms with Gasteiger partial charge in [0.15, 0.2) is 0 Å². The van der Waals surface area contributed by atoms with Crippen LogP contribution in [0, 0.1) is 5.82 Å². The molecule has 5 nitrogen and oxygen atoms in total. The summed E-state index contributed by atoms with van der Waals surface area (Å²) in [6, 6.07) is 8.44. The predicted molar refractivity (Wildman–Crippen MR) is 72.7 cm³/mol.